The van der Waals surface area contributed by atoms with E-state index >= 15 is 0 Å². The van der Waals surface area contributed by atoms with Gasteiger partial charge in [0, 0.05) is 19.6 Å². The largest absolute Gasteiger partial charge is 3.00 e. The molecular formula is C6H6AlNO6. The molecule has 0 bridgehead atoms. The van der Waals surface area contributed by atoms with Crippen LogP contribution in [-0.2, 0) is 14.4 Å². The van der Waals surface area contributed by atoms with Crippen LogP contribution in [0.5, 0.6) is 0 Å². The Bertz CT molecular complexity index is 192. The molecule has 8 heteroatoms. The van der Waals surface area contributed by atoms with E-state index in [9.17, 15) is 29.7 Å². The molecule has 0 radical (unpaired) electrons. The number of aliphatic carboxylic acids is 3. The van der Waals surface area contributed by atoms with E-state index < -0.39 is 37.5 Å². The van der Waals surface area contributed by atoms with Crippen LogP contribution in [0.15, 0.2) is 0 Å². The first-order valence-electron chi connectivity index (χ1n) is 3.23. The van der Waals surface area contributed by atoms with Crippen molar-refractivity contribution in [1.29, 1.82) is 0 Å². The molecule has 0 aromatic carbocycles. The van der Waals surface area contributed by atoms with Crippen LogP contribution >= 0.6 is 0 Å². The Labute approximate surface area is 90.1 Å². The Kier molecular flexibility index (Phi) is 8.04. The van der Waals surface area contributed by atoms with Crippen molar-refractivity contribution in [1.82, 2.24) is 4.90 Å². The summed E-state index contributed by atoms with van der Waals surface area (Å²) < 4.78 is 0. The smallest absolute Gasteiger partial charge is 0.549 e. The van der Waals surface area contributed by atoms with Gasteiger partial charge in [-0.3, -0.25) is 4.90 Å². The van der Waals surface area contributed by atoms with Crippen molar-refractivity contribution in [2.45, 2.75) is 0 Å². The molecule has 0 spiro atoms. The van der Waals surface area contributed by atoms with E-state index in [2.05, 4.69) is 0 Å². The third kappa shape index (κ3) is 8.99. The van der Waals surface area contributed by atoms with Crippen molar-refractivity contribution in [2.75, 3.05) is 19.6 Å². The monoisotopic (exact) mass is 215 g/mol. The second-order valence-corrected chi connectivity index (χ2v) is 2.26. The summed E-state index contributed by atoms with van der Waals surface area (Å²) in [7, 11) is 0. The van der Waals surface area contributed by atoms with Gasteiger partial charge in [0.15, 0.2) is 0 Å². The van der Waals surface area contributed by atoms with Gasteiger partial charge in [-0.1, -0.05) is 0 Å². The van der Waals surface area contributed by atoms with E-state index in [0.717, 1.165) is 0 Å². The van der Waals surface area contributed by atoms with Gasteiger partial charge in [0.05, 0.1) is 17.9 Å². The van der Waals surface area contributed by atoms with E-state index in [1.165, 1.54) is 0 Å². The van der Waals surface area contributed by atoms with Crippen LogP contribution in [0.4, 0.5) is 0 Å². The molecule has 0 rings (SSSR count). The van der Waals surface area contributed by atoms with Crippen molar-refractivity contribution < 1.29 is 29.7 Å². The van der Waals surface area contributed by atoms with Crippen molar-refractivity contribution in [3.8, 4) is 0 Å². The van der Waals surface area contributed by atoms with Crippen LogP contribution in [-0.4, -0.2) is 59.8 Å². The average Bonchev–Trinajstić information content (AvgIpc) is 1.80. The molecule has 0 aliphatic carbocycles. The fourth-order valence-corrected chi connectivity index (χ4v) is 0.715. The second kappa shape index (κ2) is 7.32. The van der Waals surface area contributed by atoms with Gasteiger partial charge in [0.1, 0.15) is 0 Å². The molecule has 0 atom stereocenters. The van der Waals surface area contributed by atoms with E-state index in [0.29, 0.717) is 4.90 Å². The van der Waals surface area contributed by atoms with Gasteiger partial charge in [-0.05, 0) is 0 Å². The molecule has 14 heavy (non-hydrogen) atoms. The molecule has 0 unspecified atom stereocenters. The Morgan fingerprint density at radius 1 is 0.786 bits per heavy atom. The molecule has 0 saturated heterocycles. The quantitative estimate of drug-likeness (QED) is 0.404. The van der Waals surface area contributed by atoms with Gasteiger partial charge in [-0.15, -0.1) is 0 Å². The number of carbonyl (C=O) groups excluding carboxylic acids is 3. The van der Waals surface area contributed by atoms with E-state index in [-0.39, 0.29) is 17.4 Å². The van der Waals surface area contributed by atoms with Gasteiger partial charge in [-0.25, -0.2) is 0 Å². The minimum atomic E-state index is -1.57. The molecule has 0 fully saturated rings. The maximum Gasteiger partial charge on any atom is 3.00 e. The molecule has 0 heterocycles. The first-order chi connectivity index (χ1) is 5.91. The van der Waals surface area contributed by atoms with Crippen LogP contribution < -0.4 is 15.3 Å². The third-order valence-electron chi connectivity index (χ3n) is 1.06. The van der Waals surface area contributed by atoms with Gasteiger partial charge < -0.3 is 29.7 Å². The molecule has 0 amide bonds. The van der Waals surface area contributed by atoms with Crippen LogP contribution in [0.2, 0.25) is 0 Å². The minimum Gasteiger partial charge on any atom is -0.549 e. The topological polar surface area (TPSA) is 124 Å². The maximum atomic E-state index is 9.99. The van der Waals surface area contributed by atoms with E-state index in [1.54, 1.807) is 0 Å². The predicted octanol–water partition coefficient (Wildman–Crippen LogP) is -5.84. The molecule has 0 aromatic rings. The molecule has 7 nitrogen and oxygen atoms in total. The number of carboxylic acids is 3. The summed E-state index contributed by atoms with van der Waals surface area (Å²) >= 11 is 0. The van der Waals surface area contributed by atoms with Crippen LogP contribution in [0.25, 0.3) is 0 Å². The second-order valence-electron chi connectivity index (χ2n) is 2.26. The summed E-state index contributed by atoms with van der Waals surface area (Å²) in [4.78, 5) is 30.6. The number of rotatable bonds is 6. The van der Waals surface area contributed by atoms with Crippen molar-refractivity contribution in [2.24, 2.45) is 0 Å². The fourth-order valence-electron chi connectivity index (χ4n) is 0.715. The summed E-state index contributed by atoms with van der Waals surface area (Å²) in [5.74, 6) is -4.70. The van der Waals surface area contributed by atoms with Gasteiger partial charge in [0.25, 0.3) is 0 Å². The maximum absolute atomic E-state index is 9.99. The molecule has 0 aromatic heterocycles. The summed E-state index contributed by atoms with van der Waals surface area (Å²) in [6, 6.07) is 0. The van der Waals surface area contributed by atoms with Gasteiger partial charge in [0.2, 0.25) is 0 Å². The normalized spacial score (nSPS) is 9.21. The first-order valence-corrected chi connectivity index (χ1v) is 3.23. The molecule has 0 aliphatic rings. The van der Waals surface area contributed by atoms with Gasteiger partial charge in [-0.2, -0.15) is 0 Å². The summed E-state index contributed by atoms with van der Waals surface area (Å²) in [6.07, 6.45) is 0. The Morgan fingerprint density at radius 3 is 1.14 bits per heavy atom. The number of hydrogen-bond acceptors (Lipinski definition) is 7. The number of nitrogens with zero attached hydrogens (tertiary/aromatic N) is 1. The zero-order valence-corrected chi connectivity index (χ0v) is 8.25. The third-order valence-corrected chi connectivity index (χ3v) is 1.06. The van der Waals surface area contributed by atoms with Crippen molar-refractivity contribution >= 4 is 35.3 Å². The number of carboxylic acid groups (broad SMARTS) is 3. The fraction of sp³-hybridized carbons (Fsp3) is 0.500. The number of carbonyl (C=O) groups is 3. The first kappa shape index (κ1) is 15.4. The summed E-state index contributed by atoms with van der Waals surface area (Å²) in [6.45, 7) is -2.37. The SMILES string of the molecule is O=C([O-])CN(CC(=O)[O-])CC(=O)[O-].[Al+3]. The van der Waals surface area contributed by atoms with E-state index in [4.69, 9.17) is 0 Å². The Hall–Kier alpha value is -1.10. The summed E-state index contributed by atoms with van der Waals surface area (Å²) in [5, 5.41) is 30.0. The average molecular weight is 215 g/mol. The van der Waals surface area contributed by atoms with Gasteiger partial charge >= 0.3 is 17.4 Å². The molecular weight excluding hydrogens is 209 g/mol. The molecule has 74 valence electrons. The zero-order chi connectivity index (χ0) is 10.4. The van der Waals surface area contributed by atoms with Crippen LogP contribution in [0.3, 0.4) is 0 Å². The summed E-state index contributed by atoms with van der Waals surface area (Å²) in [5.41, 5.74) is 0. The zero-order valence-electron chi connectivity index (χ0n) is 7.10. The Balaban J connectivity index is 0. The van der Waals surface area contributed by atoms with E-state index in [1.807, 2.05) is 0 Å². The Morgan fingerprint density at radius 2 is 1.00 bits per heavy atom. The van der Waals surface area contributed by atoms with Crippen molar-refractivity contribution in [3.05, 3.63) is 0 Å². The standard InChI is InChI=1S/C6H9NO6.Al/c8-4(9)1-7(2-5(10)11)3-6(12)13;/h1-3H2,(H,8,9)(H,10,11)(H,12,13);/q;+3/p-3. The van der Waals surface area contributed by atoms with Crippen LogP contribution in [0, 0.1) is 0 Å². The minimum absolute atomic E-state index is 0. The predicted molar refractivity (Wildman–Crippen MR) is 37.2 cm³/mol. The van der Waals surface area contributed by atoms with Crippen molar-refractivity contribution in [3.63, 3.8) is 0 Å². The number of hydrogen-bond donors (Lipinski definition) is 0. The molecule has 0 N–H and O–H groups in total. The molecule has 0 aliphatic heterocycles. The molecule has 0 saturated carbocycles. The van der Waals surface area contributed by atoms with Crippen LogP contribution in [0.1, 0.15) is 0 Å².